The van der Waals surface area contributed by atoms with Gasteiger partial charge in [0.2, 0.25) is 0 Å². The van der Waals surface area contributed by atoms with Crippen LogP contribution >= 0.6 is 11.3 Å². The standard InChI is InChI=1S/C9H7NO2S/c11-8-1-2-9-6(3-4-13-9)7(8)5-10-12/h1-5,11-12H. The molecule has 0 radical (unpaired) electrons. The molecular weight excluding hydrogens is 186 g/mol. The Morgan fingerprint density at radius 1 is 1.31 bits per heavy atom. The number of oxime groups is 1. The highest BCUT2D eigenvalue weighted by molar-refractivity contribution is 7.17. The summed E-state index contributed by atoms with van der Waals surface area (Å²) in [5.74, 6) is 0.128. The van der Waals surface area contributed by atoms with Crippen molar-refractivity contribution in [1.82, 2.24) is 0 Å². The van der Waals surface area contributed by atoms with Gasteiger partial charge in [0.15, 0.2) is 0 Å². The third-order valence-corrected chi connectivity index (χ3v) is 2.72. The highest BCUT2D eigenvalue weighted by Crippen LogP contribution is 2.29. The largest absolute Gasteiger partial charge is 0.507 e. The van der Waals surface area contributed by atoms with Gasteiger partial charge in [0.1, 0.15) is 5.75 Å². The number of hydrogen-bond donors (Lipinski definition) is 2. The summed E-state index contributed by atoms with van der Waals surface area (Å²) < 4.78 is 1.06. The predicted octanol–water partition coefficient (Wildman–Crippen LogP) is 2.42. The molecule has 0 atom stereocenters. The Morgan fingerprint density at radius 3 is 2.92 bits per heavy atom. The van der Waals surface area contributed by atoms with Gasteiger partial charge in [-0.2, -0.15) is 0 Å². The van der Waals surface area contributed by atoms with Crippen LogP contribution in [0.15, 0.2) is 28.7 Å². The molecule has 0 aliphatic heterocycles. The van der Waals surface area contributed by atoms with E-state index < -0.39 is 0 Å². The van der Waals surface area contributed by atoms with Crippen molar-refractivity contribution in [3.05, 3.63) is 29.1 Å². The molecule has 0 aliphatic rings. The lowest BCUT2D eigenvalue weighted by Gasteiger charge is -1.98. The average Bonchev–Trinajstić information content (AvgIpc) is 2.58. The fraction of sp³-hybridized carbons (Fsp3) is 0. The summed E-state index contributed by atoms with van der Waals surface area (Å²) in [5.41, 5.74) is 0.557. The SMILES string of the molecule is ON=Cc1c(O)ccc2sccc12. The molecule has 0 aliphatic carbocycles. The molecule has 2 rings (SSSR count). The minimum atomic E-state index is 0.128. The summed E-state index contributed by atoms with van der Waals surface area (Å²) >= 11 is 1.58. The highest BCUT2D eigenvalue weighted by atomic mass is 32.1. The zero-order valence-corrected chi connectivity index (χ0v) is 7.45. The first-order chi connectivity index (χ1) is 6.33. The van der Waals surface area contributed by atoms with Crippen LogP contribution in [0.25, 0.3) is 10.1 Å². The van der Waals surface area contributed by atoms with Crippen LogP contribution in [0.4, 0.5) is 0 Å². The van der Waals surface area contributed by atoms with E-state index in [1.807, 2.05) is 17.5 Å². The van der Waals surface area contributed by atoms with E-state index in [1.54, 1.807) is 17.4 Å². The first kappa shape index (κ1) is 8.07. The lowest BCUT2D eigenvalue weighted by Crippen LogP contribution is -1.82. The molecule has 4 heteroatoms. The van der Waals surface area contributed by atoms with Crippen molar-refractivity contribution in [1.29, 1.82) is 0 Å². The van der Waals surface area contributed by atoms with Crippen molar-refractivity contribution in [2.75, 3.05) is 0 Å². The van der Waals surface area contributed by atoms with Crippen molar-refractivity contribution >= 4 is 27.6 Å². The summed E-state index contributed by atoms with van der Waals surface area (Å²) in [4.78, 5) is 0. The number of rotatable bonds is 1. The maximum absolute atomic E-state index is 9.46. The Morgan fingerprint density at radius 2 is 2.15 bits per heavy atom. The first-order valence-electron chi connectivity index (χ1n) is 3.69. The molecule has 0 spiro atoms. The summed E-state index contributed by atoms with van der Waals surface area (Å²) in [6, 6.07) is 5.32. The predicted molar refractivity (Wildman–Crippen MR) is 52.9 cm³/mol. The van der Waals surface area contributed by atoms with Crippen LogP contribution in [0, 0.1) is 0 Å². The van der Waals surface area contributed by atoms with Gasteiger partial charge in [-0.25, -0.2) is 0 Å². The lowest BCUT2D eigenvalue weighted by molar-refractivity contribution is 0.321. The van der Waals surface area contributed by atoms with E-state index in [0.29, 0.717) is 5.56 Å². The molecule has 1 aromatic heterocycles. The Hall–Kier alpha value is -1.55. The van der Waals surface area contributed by atoms with E-state index in [0.717, 1.165) is 10.1 Å². The van der Waals surface area contributed by atoms with Gasteiger partial charge >= 0.3 is 0 Å². The van der Waals surface area contributed by atoms with Gasteiger partial charge in [-0.1, -0.05) is 5.16 Å². The Labute approximate surface area is 78.6 Å². The Bertz CT molecular complexity index is 462. The monoisotopic (exact) mass is 193 g/mol. The maximum Gasteiger partial charge on any atom is 0.125 e. The molecule has 0 saturated carbocycles. The van der Waals surface area contributed by atoms with Crippen LogP contribution in [0.1, 0.15) is 5.56 Å². The summed E-state index contributed by atoms with van der Waals surface area (Å²) in [6.07, 6.45) is 1.24. The van der Waals surface area contributed by atoms with E-state index in [2.05, 4.69) is 5.16 Å². The van der Waals surface area contributed by atoms with Gasteiger partial charge in [0, 0.05) is 15.6 Å². The molecule has 0 unspecified atom stereocenters. The average molecular weight is 193 g/mol. The van der Waals surface area contributed by atoms with Gasteiger partial charge in [0.25, 0.3) is 0 Å². The fourth-order valence-corrected chi connectivity index (χ4v) is 2.05. The summed E-state index contributed by atoms with van der Waals surface area (Å²) in [6.45, 7) is 0. The number of phenols is 1. The molecule has 0 bridgehead atoms. The molecule has 1 aromatic carbocycles. The number of nitrogens with zero attached hydrogens (tertiary/aromatic N) is 1. The number of fused-ring (bicyclic) bond motifs is 1. The van der Waals surface area contributed by atoms with Gasteiger partial charge in [-0.3, -0.25) is 0 Å². The Balaban J connectivity index is 2.80. The molecule has 3 nitrogen and oxygen atoms in total. The van der Waals surface area contributed by atoms with Crippen molar-refractivity contribution in [2.24, 2.45) is 5.16 Å². The molecule has 13 heavy (non-hydrogen) atoms. The minimum absolute atomic E-state index is 0.128. The van der Waals surface area contributed by atoms with Crippen molar-refractivity contribution < 1.29 is 10.3 Å². The van der Waals surface area contributed by atoms with Crippen molar-refractivity contribution in [2.45, 2.75) is 0 Å². The molecule has 66 valence electrons. The normalized spacial score (nSPS) is 11.4. The number of benzene rings is 1. The number of aromatic hydroxyl groups is 1. The number of phenolic OH excluding ortho intramolecular Hbond substituents is 1. The topological polar surface area (TPSA) is 52.8 Å². The second kappa shape index (κ2) is 3.06. The van der Waals surface area contributed by atoms with Crippen molar-refractivity contribution in [3.8, 4) is 5.75 Å². The van der Waals surface area contributed by atoms with Crippen molar-refractivity contribution in [3.63, 3.8) is 0 Å². The maximum atomic E-state index is 9.46. The third kappa shape index (κ3) is 1.25. The molecule has 0 fully saturated rings. The second-order valence-electron chi connectivity index (χ2n) is 2.58. The smallest absolute Gasteiger partial charge is 0.125 e. The zero-order valence-electron chi connectivity index (χ0n) is 6.64. The van der Waals surface area contributed by atoms with E-state index in [-0.39, 0.29) is 5.75 Å². The minimum Gasteiger partial charge on any atom is -0.507 e. The summed E-state index contributed by atoms with van der Waals surface area (Å²) in [7, 11) is 0. The molecule has 2 N–H and O–H groups in total. The molecule has 1 heterocycles. The van der Waals surface area contributed by atoms with Crippen LogP contribution < -0.4 is 0 Å². The second-order valence-corrected chi connectivity index (χ2v) is 3.52. The number of thiophene rings is 1. The molecular formula is C9H7NO2S. The highest BCUT2D eigenvalue weighted by Gasteiger charge is 2.05. The first-order valence-corrected chi connectivity index (χ1v) is 4.57. The van der Waals surface area contributed by atoms with Crippen LogP contribution in [0.5, 0.6) is 5.75 Å². The summed E-state index contributed by atoms with van der Waals surface area (Å²) in [5, 5.41) is 23.6. The quantitative estimate of drug-likeness (QED) is 0.415. The van der Waals surface area contributed by atoms with Gasteiger partial charge in [0.05, 0.1) is 6.21 Å². The van der Waals surface area contributed by atoms with E-state index in [9.17, 15) is 5.11 Å². The molecule has 0 amide bonds. The van der Waals surface area contributed by atoms with Gasteiger partial charge in [-0.15, -0.1) is 11.3 Å². The van der Waals surface area contributed by atoms with Crippen LogP contribution in [-0.4, -0.2) is 16.5 Å². The third-order valence-electron chi connectivity index (χ3n) is 1.84. The fourth-order valence-electron chi connectivity index (χ4n) is 1.25. The van der Waals surface area contributed by atoms with Gasteiger partial charge < -0.3 is 10.3 Å². The number of hydrogen-bond acceptors (Lipinski definition) is 4. The van der Waals surface area contributed by atoms with Crippen LogP contribution in [0.2, 0.25) is 0 Å². The zero-order chi connectivity index (χ0) is 9.26. The Kier molecular flexibility index (Phi) is 1.90. The molecule has 2 aromatic rings. The van der Waals surface area contributed by atoms with E-state index >= 15 is 0 Å². The van der Waals surface area contributed by atoms with Crippen LogP contribution in [-0.2, 0) is 0 Å². The van der Waals surface area contributed by atoms with Gasteiger partial charge in [-0.05, 0) is 23.6 Å². The van der Waals surface area contributed by atoms with Crippen LogP contribution in [0.3, 0.4) is 0 Å². The van der Waals surface area contributed by atoms with E-state index in [1.165, 1.54) is 6.21 Å². The molecule has 0 saturated heterocycles. The van der Waals surface area contributed by atoms with E-state index in [4.69, 9.17) is 5.21 Å². The lowest BCUT2D eigenvalue weighted by atomic mass is 10.1.